The average Bonchev–Trinajstić information content (AvgIpc) is 3.62. The van der Waals surface area contributed by atoms with Crippen molar-refractivity contribution in [2.45, 2.75) is 0 Å². The van der Waals surface area contributed by atoms with Gasteiger partial charge in [-0.05, 0) is 73.1 Å². The third-order valence-corrected chi connectivity index (χ3v) is 10.5. The number of para-hydroxylation sites is 1. The molecule has 0 bridgehead atoms. The van der Waals surface area contributed by atoms with Crippen molar-refractivity contribution in [2.75, 3.05) is 0 Å². The Morgan fingerprint density at radius 3 is 1.74 bits per heavy atom. The predicted molar refractivity (Wildman–Crippen MR) is 219 cm³/mol. The fraction of sp³-hybridized carbons (Fsp3) is 0. The quantitative estimate of drug-likeness (QED) is 0.174. The molecule has 0 saturated heterocycles. The maximum absolute atomic E-state index is 6.29. The SMILES string of the molecule is c1ccc(-c2nc(-c3ccc(-c4cccc5oc6ccccc6c45)c4ccccc34)nc(-c3cc4ccccc4c4ccc5ccccc5c34)n2)cc1. The zero-order valence-electron chi connectivity index (χ0n) is 28.5. The Kier molecular flexibility index (Phi) is 6.52. The monoisotopic (exact) mass is 675 g/mol. The van der Waals surface area contributed by atoms with Crippen LogP contribution in [0.25, 0.3) is 110 Å². The fourth-order valence-corrected chi connectivity index (χ4v) is 8.12. The van der Waals surface area contributed by atoms with Gasteiger partial charge in [0.1, 0.15) is 11.2 Å². The van der Waals surface area contributed by atoms with E-state index in [1.54, 1.807) is 0 Å². The summed E-state index contributed by atoms with van der Waals surface area (Å²) in [5, 5.41) is 11.4. The molecule has 0 N–H and O–H groups in total. The van der Waals surface area contributed by atoms with E-state index in [-0.39, 0.29) is 0 Å². The van der Waals surface area contributed by atoms with Crippen molar-refractivity contribution < 1.29 is 4.42 Å². The van der Waals surface area contributed by atoms with Gasteiger partial charge < -0.3 is 4.42 Å². The minimum Gasteiger partial charge on any atom is -0.456 e. The lowest BCUT2D eigenvalue weighted by Gasteiger charge is -2.15. The third-order valence-electron chi connectivity index (χ3n) is 10.5. The van der Waals surface area contributed by atoms with Gasteiger partial charge in [-0.15, -0.1) is 0 Å². The van der Waals surface area contributed by atoms with E-state index in [1.165, 1.54) is 21.5 Å². The van der Waals surface area contributed by atoms with Crippen LogP contribution >= 0.6 is 0 Å². The van der Waals surface area contributed by atoms with Crippen LogP contribution in [-0.4, -0.2) is 15.0 Å². The predicted octanol–water partition coefficient (Wildman–Crippen LogP) is 13.1. The molecule has 0 aliphatic carbocycles. The highest BCUT2D eigenvalue weighted by Gasteiger charge is 2.20. The molecular weight excluding hydrogens is 647 g/mol. The molecule has 246 valence electrons. The summed E-state index contributed by atoms with van der Waals surface area (Å²) in [5.41, 5.74) is 6.89. The zero-order valence-corrected chi connectivity index (χ0v) is 28.5. The summed E-state index contributed by atoms with van der Waals surface area (Å²) in [6.45, 7) is 0. The minimum atomic E-state index is 0.630. The highest BCUT2D eigenvalue weighted by Crippen LogP contribution is 2.43. The molecule has 0 spiro atoms. The standard InChI is InChI=1S/C49H29N3O/c1-2-14-31(15-3-1)47-50-48(52-49(51-47)42-29-32-16-5-6-17-33(32)39-26-25-30-13-4-7-18-34(30)45(39)42)40-28-27-37(35-19-8-9-20-36(35)40)38-22-12-24-44-46(38)41-21-10-11-23-43(41)53-44/h1-29H. The highest BCUT2D eigenvalue weighted by molar-refractivity contribution is 6.23. The number of hydrogen-bond acceptors (Lipinski definition) is 4. The first kappa shape index (κ1) is 29.5. The van der Waals surface area contributed by atoms with E-state index < -0.39 is 0 Å². The second-order valence-corrected chi connectivity index (χ2v) is 13.5. The van der Waals surface area contributed by atoms with Crippen LogP contribution in [0, 0.1) is 0 Å². The zero-order chi connectivity index (χ0) is 34.9. The van der Waals surface area contributed by atoms with Crippen LogP contribution in [0.1, 0.15) is 0 Å². The molecule has 0 unspecified atom stereocenters. The third kappa shape index (κ3) is 4.66. The summed E-state index contributed by atoms with van der Waals surface area (Å²) in [5.74, 6) is 1.91. The number of furan rings is 1. The van der Waals surface area contributed by atoms with E-state index in [2.05, 4.69) is 140 Å². The number of fused-ring (bicyclic) bond motifs is 9. The maximum atomic E-state index is 6.29. The van der Waals surface area contributed by atoms with Crippen molar-refractivity contribution >= 4 is 65.0 Å². The largest absolute Gasteiger partial charge is 0.456 e. The van der Waals surface area contributed by atoms with Crippen LogP contribution in [0.3, 0.4) is 0 Å². The molecule has 11 aromatic rings. The van der Waals surface area contributed by atoms with Crippen LogP contribution in [0.4, 0.5) is 0 Å². The van der Waals surface area contributed by atoms with E-state index >= 15 is 0 Å². The second kappa shape index (κ2) is 11.7. The maximum Gasteiger partial charge on any atom is 0.164 e. The first-order valence-corrected chi connectivity index (χ1v) is 17.9. The Balaban J connectivity index is 1.20. The van der Waals surface area contributed by atoms with E-state index in [1.807, 2.05) is 36.4 Å². The number of benzene rings is 9. The number of nitrogens with zero attached hydrogens (tertiary/aromatic N) is 3. The van der Waals surface area contributed by atoms with Crippen molar-refractivity contribution in [3.8, 4) is 45.3 Å². The molecule has 2 aromatic heterocycles. The van der Waals surface area contributed by atoms with E-state index in [9.17, 15) is 0 Å². The lowest BCUT2D eigenvalue weighted by Crippen LogP contribution is -2.01. The lowest BCUT2D eigenvalue weighted by atomic mass is 9.92. The van der Waals surface area contributed by atoms with Crippen LogP contribution in [0.2, 0.25) is 0 Å². The van der Waals surface area contributed by atoms with Crippen molar-refractivity contribution in [3.05, 3.63) is 176 Å². The second-order valence-electron chi connectivity index (χ2n) is 13.5. The topological polar surface area (TPSA) is 51.8 Å². The first-order valence-electron chi connectivity index (χ1n) is 17.9. The average molecular weight is 676 g/mol. The lowest BCUT2D eigenvalue weighted by molar-refractivity contribution is 0.669. The first-order chi connectivity index (χ1) is 26.3. The van der Waals surface area contributed by atoms with Gasteiger partial charge in [0.15, 0.2) is 17.5 Å². The van der Waals surface area contributed by atoms with Gasteiger partial charge in [-0.1, -0.05) is 152 Å². The molecule has 9 aromatic carbocycles. The number of aromatic nitrogens is 3. The Morgan fingerprint density at radius 2 is 0.906 bits per heavy atom. The van der Waals surface area contributed by atoms with Gasteiger partial charge in [-0.25, -0.2) is 15.0 Å². The molecule has 4 heteroatoms. The molecule has 0 aliphatic heterocycles. The van der Waals surface area contributed by atoms with Crippen molar-refractivity contribution in [1.29, 1.82) is 0 Å². The smallest absolute Gasteiger partial charge is 0.164 e. The molecular formula is C49H29N3O. The fourth-order valence-electron chi connectivity index (χ4n) is 8.12. The van der Waals surface area contributed by atoms with Crippen molar-refractivity contribution in [2.24, 2.45) is 0 Å². The summed E-state index contributed by atoms with van der Waals surface area (Å²) in [6, 6.07) is 61.5. The molecule has 2 heterocycles. The molecule has 0 fully saturated rings. The van der Waals surface area contributed by atoms with Gasteiger partial charge >= 0.3 is 0 Å². The van der Waals surface area contributed by atoms with E-state index in [4.69, 9.17) is 19.4 Å². The summed E-state index contributed by atoms with van der Waals surface area (Å²) >= 11 is 0. The minimum absolute atomic E-state index is 0.630. The van der Waals surface area contributed by atoms with Gasteiger partial charge in [-0.3, -0.25) is 0 Å². The van der Waals surface area contributed by atoms with Gasteiger partial charge in [0, 0.05) is 32.8 Å². The van der Waals surface area contributed by atoms with Crippen LogP contribution < -0.4 is 0 Å². The Morgan fingerprint density at radius 1 is 0.302 bits per heavy atom. The van der Waals surface area contributed by atoms with E-state index in [0.29, 0.717) is 17.5 Å². The number of rotatable bonds is 4. The van der Waals surface area contributed by atoms with E-state index in [0.717, 1.165) is 71.3 Å². The number of hydrogen-bond donors (Lipinski definition) is 0. The summed E-state index contributed by atoms with van der Waals surface area (Å²) in [7, 11) is 0. The molecule has 11 rings (SSSR count). The van der Waals surface area contributed by atoms with Gasteiger partial charge in [-0.2, -0.15) is 0 Å². The molecule has 0 atom stereocenters. The van der Waals surface area contributed by atoms with Gasteiger partial charge in [0.25, 0.3) is 0 Å². The van der Waals surface area contributed by atoms with Crippen LogP contribution in [-0.2, 0) is 0 Å². The summed E-state index contributed by atoms with van der Waals surface area (Å²) in [4.78, 5) is 15.8. The Hall–Kier alpha value is -7.17. The summed E-state index contributed by atoms with van der Waals surface area (Å²) in [6.07, 6.45) is 0. The van der Waals surface area contributed by atoms with Crippen molar-refractivity contribution in [3.63, 3.8) is 0 Å². The highest BCUT2D eigenvalue weighted by atomic mass is 16.3. The molecule has 0 amide bonds. The molecule has 0 saturated carbocycles. The summed E-state index contributed by atoms with van der Waals surface area (Å²) < 4.78 is 6.29. The molecule has 0 aliphatic rings. The van der Waals surface area contributed by atoms with Crippen molar-refractivity contribution in [1.82, 2.24) is 15.0 Å². The van der Waals surface area contributed by atoms with Gasteiger partial charge in [0.2, 0.25) is 0 Å². The van der Waals surface area contributed by atoms with Crippen LogP contribution in [0.5, 0.6) is 0 Å². The Labute approximate surface area is 304 Å². The van der Waals surface area contributed by atoms with Gasteiger partial charge in [0.05, 0.1) is 0 Å². The normalized spacial score (nSPS) is 11.8. The Bertz CT molecular complexity index is 3240. The molecule has 53 heavy (non-hydrogen) atoms. The molecule has 0 radical (unpaired) electrons. The van der Waals surface area contributed by atoms with Crippen LogP contribution in [0.15, 0.2) is 180 Å². The molecule has 4 nitrogen and oxygen atoms in total.